The number of carbonyl (C=O) groups is 1. The number of benzene rings is 2. The number of alkyl halides is 6. The number of aromatic nitrogens is 1. The Hall–Kier alpha value is -3.80. The number of nitrogens with zero attached hydrogens (tertiary/aromatic N) is 3. The molecule has 1 amide bonds. The minimum absolute atomic E-state index is 0.155. The molecular weight excluding hydrogens is 526 g/mol. The summed E-state index contributed by atoms with van der Waals surface area (Å²) in [4.78, 5) is 16.6. The molecule has 1 unspecified atom stereocenters. The van der Waals surface area contributed by atoms with Crippen LogP contribution in [-0.2, 0) is 11.0 Å². The Balaban J connectivity index is 1.49. The van der Waals surface area contributed by atoms with E-state index in [1.807, 2.05) is 0 Å². The van der Waals surface area contributed by atoms with Gasteiger partial charge in [0.05, 0.1) is 29.4 Å². The minimum atomic E-state index is -4.83. The predicted octanol–water partition coefficient (Wildman–Crippen LogP) is 6.09. The van der Waals surface area contributed by atoms with Gasteiger partial charge in [-0.3, -0.25) is 14.8 Å². The molecule has 13 heteroatoms. The highest BCUT2D eigenvalue weighted by Gasteiger charge is 2.34. The fourth-order valence-electron chi connectivity index (χ4n) is 3.66. The van der Waals surface area contributed by atoms with Gasteiger partial charge in [-0.05, 0) is 54.1 Å². The van der Waals surface area contributed by atoms with Crippen LogP contribution in [0.4, 0.5) is 32.0 Å². The smallest absolute Gasteiger partial charge is 0.406 e. The van der Waals surface area contributed by atoms with Crippen LogP contribution in [0.2, 0.25) is 5.02 Å². The quantitative estimate of drug-likeness (QED) is 0.383. The highest BCUT2D eigenvalue weighted by atomic mass is 35.5. The lowest BCUT2D eigenvalue weighted by Gasteiger charge is -2.16. The Bertz CT molecular complexity index is 1280. The lowest BCUT2D eigenvalue weighted by atomic mass is 9.94. The van der Waals surface area contributed by atoms with E-state index in [0.717, 1.165) is 24.4 Å². The molecule has 0 radical (unpaired) electrons. The molecule has 1 aromatic heterocycles. The molecule has 2 aromatic carbocycles. The maximum atomic E-state index is 13.0. The first kappa shape index (κ1) is 26.3. The summed E-state index contributed by atoms with van der Waals surface area (Å²) < 4.78 is 79.6. The molecule has 6 nitrogen and oxygen atoms in total. The van der Waals surface area contributed by atoms with Crippen molar-refractivity contribution in [1.29, 1.82) is 0 Å². The zero-order chi connectivity index (χ0) is 26.8. The number of amides is 1. The van der Waals surface area contributed by atoms with Crippen molar-refractivity contribution in [3.63, 3.8) is 0 Å². The number of nitrogens with one attached hydrogen (secondary N) is 1. The van der Waals surface area contributed by atoms with E-state index in [9.17, 15) is 31.1 Å². The van der Waals surface area contributed by atoms with Crippen LogP contribution in [0.5, 0.6) is 5.75 Å². The second-order valence-corrected chi connectivity index (χ2v) is 8.42. The molecule has 2 heterocycles. The summed E-state index contributed by atoms with van der Waals surface area (Å²) in [6, 6.07) is 13.5. The van der Waals surface area contributed by atoms with Gasteiger partial charge in [-0.1, -0.05) is 23.7 Å². The van der Waals surface area contributed by atoms with Crippen molar-refractivity contribution in [3.05, 3.63) is 88.7 Å². The van der Waals surface area contributed by atoms with Gasteiger partial charge in [0.25, 0.3) is 0 Å². The molecule has 0 aliphatic carbocycles. The minimum Gasteiger partial charge on any atom is -0.406 e. The number of carbonyl (C=O) groups excluding carboxylic acids is 1. The SMILES string of the molecule is O=C(CN1CC(c2ccc(C(F)(F)F)cn2)C(c2ccc(Cl)cc2)=N1)Nc1ccc(OC(F)(F)F)cc1. The van der Waals surface area contributed by atoms with Crippen molar-refractivity contribution in [3.8, 4) is 5.75 Å². The third kappa shape index (κ3) is 6.91. The second-order valence-electron chi connectivity index (χ2n) is 7.98. The van der Waals surface area contributed by atoms with Gasteiger partial charge in [0.15, 0.2) is 0 Å². The van der Waals surface area contributed by atoms with E-state index in [2.05, 4.69) is 20.1 Å². The molecule has 1 aliphatic rings. The number of anilines is 1. The highest BCUT2D eigenvalue weighted by molar-refractivity contribution is 6.30. The number of hydrogen-bond donors (Lipinski definition) is 1. The normalized spacial score (nSPS) is 15.9. The van der Waals surface area contributed by atoms with Crippen molar-refractivity contribution in [2.45, 2.75) is 18.5 Å². The van der Waals surface area contributed by atoms with Gasteiger partial charge in [0.1, 0.15) is 12.3 Å². The standard InChI is InChI=1S/C24H17ClF6N4O2/c25-16-4-1-14(2-5-16)22-19(20-10-3-15(11-32-20)23(26,27)28)12-35(34-22)13-21(36)33-17-6-8-18(9-7-17)37-24(29,30)31/h1-11,19H,12-13H2,(H,33,36). The number of rotatable bonds is 6. The van der Waals surface area contributed by atoms with Crippen LogP contribution in [0.1, 0.15) is 22.7 Å². The van der Waals surface area contributed by atoms with Crippen LogP contribution in [-0.4, -0.2) is 41.1 Å². The van der Waals surface area contributed by atoms with E-state index in [4.69, 9.17) is 11.6 Å². The molecule has 1 N–H and O–H groups in total. The summed E-state index contributed by atoms with van der Waals surface area (Å²) in [7, 11) is 0. The lowest BCUT2D eigenvalue weighted by Crippen LogP contribution is -2.29. The lowest BCUT2D eigenvalue weighted by molar-refractivity contribution is -0.274. The van der Waals surface area contributed by atoms with E-state index in [0.29, 0.717) is 22.0 Å². The molecule has 1 aliphatic heterocycles. The van der Waals surface area contributed by atoms with Crippen molar-refractivity contribution in [2.75, 3.05) is 18.4 Å². The first-order valence-corrected chi connectivity index (χ1v) is 11.0. The maximum Gasteiger partial charge on any atom is 0.573 e. The Morgan fingerprint density at radius 3 is 2.24 bits per heavy atom. The van der Waals surface area contributed by atoms with Crippen LogP contribution in [0.25, 0.3) is 0 Å². The van der Waals surface area contributed by atoms with E-state index < -0.39 is 35.7 Å². The fourth-order valence-corrected chi connectivity index (χ4v) is 3.78. The van der Waals surface area contributed by atoms with Gasteiger partial charge >= 0.3 is 12.5 Å². The van der Waals surface area contributed by atoms with Crippen LogP contribution < -0.4 is 10.1 Å². The summed E-state index contributed by atoms with van der Waals surface area (Å²) in [6.45, 7) is -0.0723. The predicted molar refractivity (Wildman–Crippen MR) is 123 cm³/mol. The third-order valence-electron chi connectivity index (χ3n) is 5.28. The summed E-state index contributed by atoms with van der Waals surface area (Å²) in [5.41, 5.74) is 0.832. The average molecular weight is 543 g/mol. The Labute approximate surface area is 211 Å². The molecule has 0 fully saturated rings. The summed E-state index contributed by atoms with van der Waals surface area (Å²) in [5, 5.41) is 8.96. The first-order chi connectivity index (χ1) is 17.4. The number of hydrogen-bond acceptors (Lipinski definition) is 5. The van der Waals surface area contributed by atoms with E-state index in [1.54, 1.807) is 24.3 Å². The van der Waals surface area contributed by atoms with Crippen molar-refractivity contribution < 1.29 is 35.9 Å². The number of hydrazone groups is 1. The summed E-state index contributed by atoms with van der Waals surface area (Å²) in [5.74, 6) is -1.48. The third-order valence-corrected chi connectivity index (χ3v) is 5.53. The maximum absolute atomic E-state index is 13.0. The zero-order valence-corrected chi connectivity index (χ0v) is 19.4. The largest absolute Gasteiger partial charge is 0.573 e. The average Bonchev–Trinajstić information content (AvgIpc) is 3.23. The summed E-state index contributed by atoms with van der Waals surface area (Å²) >= 11 is 5.96. The van der Waals surface area contributed by atoms with E-state index in [1.165, 1.54) is 23.2 Å². The van der Waals surface area contributed by atoms with Gasteiger partial charge < -0.3 is 10.1 Å². The first-order valence-electron chi connectivity index (χ1n) is 10.7. The topological polar surface area (TPSA) is 66.8 Å². The van der Waals surface area contributed by atoms with Gasteiger partial charge in [0, 0.05) is 16.9 Å². The molecular formula is C24H17ClF6N4O2. The molecule has 37 heavy (non-hydrogen) atoms. The molecule has 3 aromatic rings. The zero-order valence-electron chi connectivity index (χ0n) is 18.6. The van der Waals surface area contributed by atoms with Crippen LogP contribution >= 0.6 is 11.6 Å². The molecule has 194 valence electrons. The van der Waals surface area contributed by atoms with Crippen molar-refractivity contribution in [2.24, 2.45) is 5.10 Å². The molecule has 4 rings (SSSR count). The Kier molecular flexibility index (Phi) is 7.30. The number of ether oxygens (including phenoxy) is 1. The number of halogens is 7. The molecule has 0 spiro atoms. The molecule has 0 bridgehead atoms. The van der Waals surface area contributed by atoms with Crippen LogP contribution in [0.15, 0.2) is 72.0 Å². The summed E-state index contributed by atoms with van der Waals surface area (Å²) in [6.07, 6.45) is -8.62. The van der Waals surface area contributed by atoms with Crippen molar-refractivity contribution in [1.82, 2.24) is 9.99 Å². The molecule has 0 saturated heterocycles. The van der Waals surface area contributed by atoms with Crippen LogP contribution in [0.3, 0.4) is 0 Å². The van der Waals surface area contributed by atoms with Gasteiger partial charge in [0.2, 0.25) is 5.91 Å². The number of pyridine rings is 1. The monoisotopic (exact) mass is 542 g/mol. The molecule has 1 atom stereocenters. The van der Waals surface area contributed by atoms with Gasteiger partial charge in [-0.2, -0.15) is 18.3 Å². The van der Waals surface area contributed by atoms with E-state index in [-0.39, 0.29) is 18.8 Å². The molecule has 0 saturated carbocycles. The van der Waals surface area contributed by atoms with Crippen LogP contribution in [0, 0.1) is 0 Å². The van der Waals surface area contributed by atoms with Gasteiger partial charge in [-0.25, -0.2) is 0 Å². The fraction of sp³-hybridized carbons (Fsp3) is 0.208. The highest BCUT2D eigenvalue weighted by Crippen LogP contribution is 2.32. The van der Waals surface area contributed by atoms with E-state index >= 15 is 0 Å². The second kappa shape index (κ2) is 10.3. The van der Waals surface area contributed by atoms with Crippen molar-refractivity contribution >= 4 is 28.9 Å². The Morgan fingerprint density at radius 1 is 1.00 bits per heavy atom. The Morgan fingerprint density at radius 2 is 1.68 bits per heavy atom. The van der Waals surface area contributed by atoms with Gasteiger partial charge in [-0.15, -0.1) is 13.2 Å².